The molecule has 7 nitrogen and oxygen atoms in total. The number of carbonyl (C=O) groups excluding carboxylic acids is 2. The SMILES string of the molecule is C=O.CNCCN(CC(C)C1CCCCC1C)/C(C)=C/C(CO)=C(\C)C(F)(F)F.NC1(NC=O)CC1. The molecule has 0 heterocycles. The first-order valence-electron chi connectivity index (χ1n) is 12.6. The van der Waals surface area contributed by atoms with Crippen LogP contribution in [0.5, 0.6) is 0 Å². The Morgan fingerprint density at radius 2 is 1.83 bits per heavy atom. The van der Waals surface area contributed by atoms with E-state index in [1.165, 1.54) is 31.8 Å². The van der Waals surface area contributed by atoms with Crippen LogP contribution in [0.25, 0.3) is 0 Å². The number of aliphatic hydroxyl groups excluding tert-OH is 1. The molecule has 0 aromatic rings. The maximum absolute atomic E-state index is 13.0. The molecule has 2 saturated carbocycles. The van der Waals surface area contributed by atoms with Crippen molar-refractivity contribution < 1.29 is 27.9 Å². The lowest BCUT2D eigenvalue weighted by Gasteiger charge is -2.37. The van der Waals surface area contributed by atoms with Crippen molar-refractivity contribution in [2.75, 3.05) is 33.3 Å². The van der Waals surface area contributed by atoms with Crippen LogP contribution in [-0.2, 0) is 9.59 Å². The number of hydrogen-bond acceptors (Lipinski definition) is 6. The number of nitrogens with zero attached hydrogens (tertiary/aromatic N) is 1. The van der Waals surface area contributed by atoms with Crippen molar-refractivity contribution in [3.63, 3.8) is 0 Å². The Kier molecular flexibility index (Phi) is 15.9. The van der Waals surface area contributed by atoms with Gasteiger partial charge in [0.05, 0.1) is 12.3 Å². The zero-order valence-electron chi connectivity index (χ0n) is 22.6. The normalized spacial score (nSPS) is 22.6. The van der Waals surface area contributed by atoms with Crippen LogP contribution in [0, 0.1) is 17.8 Å². The van der Waals surface area contributed by atoms with Crippen molar-refractivity contribution in [1.82, 2.24) is 15.5 Å². The molecule has 0 aromatic carbocycles. The Morgan fingerprint density at radius 1 is 1.25 bits per heavy atom. The van der Waals surface area contributed by atoms with Gasteiger partial charge in [-0.05, 0) is 69.6 Å². The second-order valence-corrected chi connectivity index (χ2v) is 9.96. The summed E-state index contributed by atoms with van der Waals surface area (Å²) >= 11 is 0. The lowest BCUT2D eigenvalue weighted by Crippen LogP contribution is -2.38. The standard InChI is InChI=1S/C21H37F3N2O.C4H8N2O.CH2O/c1-15-8-6-7-9-20(15)16(2)13-26(11-10-25-5)17(3)12-19(14-27)18(4)21(22,23)24;5-4(1-2-4)6-3-7;1-2/h12,15-16,20,25,27H,6-11,13-14H2,1-5H3;3H,1-2,5H2,(H,6,7);1H2/b17-12+,19-18-;;. The Bertz CT molecular complexity index is 709. The monoisotopic (exact) mass is 520 g/mol. The van der Waals surface area contributed by atoms with Gasteiger partial charge in [0.25, 0.3) is 0 Å². The lowest BCUT2D eigenvalue weighted by molar-refractivity contribution is -0.110. The number of nitrogens with two attached hydrogens (primary N) is 1. The van der Waals surface area contributed by atoms with Gasteiger partial charge in [0.2, 0.25) is 6.41 Å². The number of aliphatic hydroxyl groups is 1. The summed E-state index contributed by atoms with van der Waals surface area (Å²) in [5.74, 6) is 1.84. The molecule has 2 fully saturated rings. The minimum atomic E-state index is -4.42. The molecule has 0 aromatic heterocycles. The lowest BCUT2D eigenvalue weighted by atomic mass is 9.73. The highest BCUT2D eigenvalue weighted by Crippen LogP contribution is 2.35. The number of halogens is 3. The van der Waals surface area contributed by atoms with Crippen molar-refractivity contribution >= 4 is 13.2 Å². The third-order valence-electron chi connectivity index (χ3n) is 7.14. The van der Waals surface area contributed by atoms with Crippen molar-refractivity contribution in [2.45, 2.75) is 78.1 Å². The fourth-order valence-electron chi connectivity index (χ4n) is 4.53. The van der Waals surface area contributed by atoms with Gasteiger partial charge in [0.1, 0.15) is 6.79 Å². The average molecular weight is 521 g/mol. The van der Waals surface area contributed by atoms with Crippen molar-refractivity contribution in [3.05, 3.63) is 22.9 Å². The molecular formula is C26H47F3N4O3. The molecule has 0 radical (unpaired) electrons. The minimum Gasteiger partial charge on any atom is -0.392 e. The number of amides is 1. The fraction of sp³-hybridized carbons (Fsp3) is 0.769. The number of nitrogens with one attached hydrogen (secondary N) is 2. The summed E-state index contributed by atoms with van der Waals surface area (Å²) in [5.41, 5.74) is 5.08. The first-order chi connectivity index (χ1) is 16.9. The van der Waals surface area contributed by atoms with E-state index in [-0.39, 0.29) is 11.2 Å². The van der Waals surface area contributed by atoms with E-state index in [1.807, 2.05) is 20.8 Å². The molecule has 210 valence electrons. The quantitative estimate of drug-likeness (QED) is 0.188. The molecule has 3 atom stereocenters. The molecule has 0 saturated heterocycles. The van der Waals surface area contributed by atoms with Gasteiger partial charge in [0, 0.05) is 30.9 Å². The third-order valence-corrected chi connectivity index (χ3v) is 7.14. The van der Waals surface area contributed by atoms with E-state index in [1.54, 1.807) is 0 Å². The highest BCUT2D eigenvalue weighted by molar-refractivity contribution is 5.48. The highest BCUT2D eigenvalue weighted by atomic mass is 19.4. The predicted molar refractivity (Wildman–Crippen MR) is 138 cm³/mol. The number of carbonyl (C=O) groups is 2. The van der Waals surface area contributed by atoms with E-state index in [2.05, 4.69) is 29.4 Å². The number of likely N-dealkylation sites (N-methyl/N-ethyl adjacent to an activating group) is 1. The molecule has 0 spiro atoms. The van der Waals surface area contributed by atoms with E-state index in [9.17, 15) is 23.1 Å². The van der Waals surface area contributed by atoms with E-state index in [4.69, 9.17) is 10.5 Å². The molecular weight excluding hydrogens is 473 g/mol. The van der Waals surface area contributed by atoms with E-state index in [0.717, 1.165) is 45.1 Å². The molecule has 2 aliphatic carbocycles. The Morgan fingerprint density at radius 3 is 2.25 bits per heavy atom. The molecule has 5 N–H and O–H groups in total. The molecule has 2 aliphatic rings. The number of allylic oxidation sites excluding steroid dienone is 2. The van der Waals surface area contributed by atoms with E-state index < -0.39 is 18.4 Å². The number of alkyl halides is 3. The van der Waals surface area contributed by atoms with Crippen LogP contribution in [0.4, 0.5) is 13.2 Å². The summed E-state index contributed by atoms with van der Waals surface area (Å²) in [6.07, 6.45) is 4.64. The smallest absolute Gasteiger partial charge is 0.392 e. The van der Waals surface area contributed by atoms with Crippen LogP contribution >= 0.6 is 0 Å². The molecule has 10 heteroatoms. The van der Waals surface area contributed by atoms with Crippen molar-refractivity contribution in [2.24, 2.45) is 23.5 Å². The highest BCUT2D eigenvalue weighted by Gasteiger charge is 2.37. The fourth-order valence-corrected chi connectivity index (χ4v) is 4.53. The van der Waals surface area contributed by atoms with Gasteiger partial charge in [-0.25, -0.2) is 0 Å². The molecule has 0 bridgehead atoms. The summed E-state index contributed by atoms with van der Waals surface area (Å²) in [6, 6.07) is 0. The maximum atomic E-state index is 13.0. The van der Waals surface area contributed by atoms with Crippen molar-refractivity contribution in [1.29, 1.82) is 0 Å². The van der Waals surface area contributed by atoms with E-state index in [0.29, 0.717) is 24.2 Å². The first kappa shape index (κ1) is 34.1. The Hall–Kier alpha value is -1.91. The zero-order valence-corrected chi connectivity index (χ0v) is 22.6. The van der Waals surface area contributed by atoms with Crippen LogP contribution in [0.15, 0.2) is 22.9 Å². The second kappa shape index (κ2) is 16.8. The van der Waals surface area contributed by atoms with E-state index >= 15 is 0 Å². The van der Waals surface area contributed by atoms with Gasteiger partial charge in [0.15, 0.2) is 0 Å². The van der Waals surface area contributed by atoms with Gasteiger partial charge < -0.3 is 31.2 Å². The van der Waals surface area contributed by atoms with Crippen LogP contribution < -0.4 is 16.4 Å². The van der Waals surface area contributed by atoms with Gasteiger partial charge in [-0.15, -0.1) is 0 Å². The summed E-state index contributed by atoms with van der Waals surface area (Å²) in [6.45, 7) is 11.1. The number of hydrogen-bond donors (Lipinski definition) is 4. The second-order valence-electron chi connectivity index (χ2n) is 9.96. The van der Waals surface area contributed by atoms with Crippen molar-refractivity contribution in [3.8, 4) is 0 Å². The van der Waals surface area contributed by atoms with Crippen LogP contribution in [-0.4, -0.2) is 68.3 Å². The molecule has 1 amide bonds. The van der Waals surface area contributed by atoms with Crippen LogP contribution in [0.3, 0.4) is 0 Å². The Labute approximate surface area is 214 Å². The minimum absolute atomic E-state index is 0.0619. The Balaban J connectivity index is 0.00000114. The average Bonchev–Trinajstić information content (AvgIpc) is 3.57. The summed E-state index contributed by atoms with van der Waals surface area (Å²) in [4.78, 5) is 19.8. The molecule has 36 heavy (non-hydrogen) atoms. The van der Waals surface area contributed by atoms with Gasteiger partial charge in [-0.3, -0.25) is 4.79 Å². The zero-order chi connectivity index (χ0) is 27.9. The predicted octanol–water partition coefficient (Wildman–Crippen LogP) is 3.74. The third kappa shape index (κ3) is 12.4. The summed E-state index contributed by atoms with van der Waals surface area (Å²) < 4.78 is 39.0. The van der Waals surface area contributed by atoms with Crippen LogP contribution in [0.2, 0.25) is 0 Å². The summed E-state index contributed by atoms with van der Waals surface area (Å²) in [7, 11) is 1.87. The maximum Gasteiger partial charge on any atom is 0.412 e. The number of rotatable bonds is 11. The largest absolute Gasteiger partial charge is 0.412 e. The summed E-state index contributed by atoms with van der Waals surface area (Å²) in [5, 5.41) is 15.1. The van der Waals surface area contributed by atoms with Gasteiger partial charge in [-0.1, -0.05) is 33.1 Å². The topological polar surface area (TPSA) is 108 Å². The van der Waals surface area contributed by atoms with Gasteiger partial charge >= 0.3 is 6.18 Å². The van der Waals surface area contributed by atoms with Gasteiger partial charge in [-0.2, -0.15) is 13.2 Å². The molecule has 2 rings (SSSR count). The molecule has 3 unspecified atom stereocenters. The first-order valence-corrected chi connectivity index (χ1v) is 12.6. The van der Waals surface area contributed by atoms with Crippen LogP contribution in [0.1, 0.15) is 66.2 Å². The molecule has 0 aliphatic heterocycles.